The zero-order chi connectivity index (χ0) is 9.84. The fraction of sp³-hybridized carbons (Fsp3) is 0.125. The summed E-state index contributed by atoms with van der Waals surface area (Å²) in [5, 5.41) is 8.48. The first-order valence-corrected chi connectivity index (χ1v) is 4.24. The summed E-state index contributed by atoms with van der Waals surface area (Å²) in [6.45, 7) is 0. The smallest absolute Gasteiger partial charge is 0.309 e. The minimum absolute atomic E-state index is 0.180. The lowest BCUT2D eigenvalue weighted by atomic mass is 10.2. The third-order valence-electron chi connectivity index (χ3n) is 1.34. The number of carbonyl (C=O) groups is 2. The van der Waals surface area contributed by atoms with Crippen LogP contribution in [0.15, 0.2) is 16.7 Å². The van der Waals surface area contributed by atoms with Crippen LogP contribution in [0, 0.1) is 0 Å². The van der Waals surface area contributed by atoms with Gasteiger partial charge >= 0.3 is 5.97 Å². The number of aldehydes is 1. The standard InChI is InChI=1S/C8H6BrNO3/c9-7-2-5(4-11)1-6(10-7)3-8(12)13/h1-2,4H,3H2,(H,12,13). The van der Waals surface area contributed by atoms with Gasteiger partial charge in [0.1, 0.15) is 10.9 Å². The van der Waals surface area contributed by atoms with Crippen molar-refractivity contribution in [3.63, 3.8) is 0 Å². The molecule has 0 aliphatic heterocycles. The molecule has 0 fully saturated rings. The fourth-order valence-electron chi connectivity index (χ4n) is 0.887. The van der Waals surface area contributed by atoms with Crippen molar-refractivity contribution in [1.29, 1.82) is 0 Å². The predicted molar refractivity (Wildman–Crippen MR) is 48.7 cm³/mol. The molecule has 68 valence electrons. The molecule has 1 aromatic rings. The largest absolute Gasteiger partial charge is 0.481 e. The maximum atomic E-state index is 10.4. The van der Waals surface area contributed by atoms with Crippen LogP contribution in [0.25, 0.3) is 0 Å². The van der Waals surface area contributed by atoms with Gasteiger partial charge in [-0.15, -0.1) is 0 Å². The molecule has 0 aliphatic carbocycles. The third-order valence-corrected chi connectivity index (χ3v) is 1.74. The highest BCUT2D eigenvalue weighted by atomic mass is 79.9. The van der Waals surface area contributed by atoms with E-state index in [0.717, 1.165) is 0 Å². The molecule has 0 radical (unpaired) electrons. The van der Waals surface area contributed by atoms with Crippen LogP contribution in [0.5, 0.6) is 0 Å². The van der Waals surface area contributed by atoms with Crippen LogP contribution in [-0.4, -0.2) is 22.3 Å². The summed E-state index contributed by atoms with van der Waals surface area (Å²) < 4.78 is 0.466. The van der Waals surface area contributed by atoms with Gasteiger partial charge < -0.3 is 5.11 Å². The molecule has 13 heavy (non-hydrogen) atoms. The van der Waals surface area contributed by atoms with Crippen molar-refractivity contribution in [1.82, 2.24) is 4.98 Å². The van der Waals surface area contributed by atoms with Gasteiger partial charge in [0.05, 0.1) is 12.1 Å². The van der Waals surface area contributed by atoms with Gasteiger partial charge in [-0.1, -0.05) is 0 Å². The monoisotopic (exact) mass is 243 g/mol. The number of carboxylic acid groups (broad SMARTS) is 1. The average Bonchev–Trinajstić information content (AvgIpc) is 2.01. The molecule has 1 heterocycles. The highest BCUT2D eigenvalue weighted by Crippen LogP contribution is 2.10. The first-order chi connectivity index (χ1) is 6.11. The summed E-state index contributed by atoms with van der Waals surface area (Å²) >= 11 is 3.08. The average molecular weight is 244 g/mol. The number of aliphatic carboxylic acids is 1. The first kappa shape index (κ1) is 9.85. The van der Waals surface area contributed by atoms with Crippen molar-refractivity contribution in [3.05, 3.63) is 28.0 Å². The Morgan fingerprint density at radius 2 is 2.31 bits per heavy atom. The first-order valence-electron chi connectivity index (χ1n) is 3.45. The minimum Gasteiger partial charge on any atom is -0.481 e. The SMILES string of the molecule is O=Cc1cc(Br)nc(CC(=O)O)c1. The Hall–Kier alpha value is -1.23. The maximum absolute atomic E-state index is 10.4. The molecule has 0 bridgehead atoms. The van der Waals surface area contributed by atoms with Crippen LogP contribution in [-0.2, 0) is 11.2 Å². The summed E-state index contributed by atoms with van der Waals surface area (Å²) in [6, 6.07) is 2.98. The van der Waals surface area contributed by atoms with Crippen molar-refractivity contribution >= 4 is 28.2 Å². The predicted octanol–water partition coefficient (Wildman–Crippen LogP) is 1.28. The van der Waals surface area contributed by atoms with E-state index in [9.17, 15) is 9.59 Å². The number of rotatable bonds is 3. The maximum Gasteiger partial charge on any atom is 0.309 e. The molecule has 0 spiro atoms. The van der Waals surface area contributed by atoms with E-state index in [4.69, 9.17) is 5.11 Å². The number of halogens is 1. The van der Waals surface area contributed by atoms with Gasteiger partial charge in [0, 0.05) is 5.56 Å². The van der Waals surface area contributed by atoms with E-state index in [2.05, 4.69) is 20.9 Å². The van der Waals surface area contributed by atoms with E-state index >= 15 is 0 Å². The second-order valence-corrected chi connectivity index (χ2v) is 3.22. The topological polar surface area (TPSA) is 67.3 Å². The van der Waals surface area contributed by atoms with E-state index in [-0.39, 0.29) is 6.42 Å². The number of pyridine rings is 1. The summed E-state index contributed by atoms with van der Waals surface area (Å²) in [5.41, 5.74) is 0.780. The number of carboxylic acids is 1. The summed E-state index contributed by atoms with van der Waals surface area (Å²) in [7, 11) is 0. The van der Waals surface area contributed by atoms with Crippen molar-refractivity contribution in [2.45, 2.75) is 6.42 Å². The Kier molecular flexibility index (Phi) is 3.13. The van der Waals surface area contributed by atoms with Crippen LogP contribution in [0.1, 0.15) is 16.1 Å². The molecule has 1 rings (SSSR count). The zero-order valence-electron chi connectivity index (χ0n) is 6.53. The molecular formula is C8H6BrNO3. The Morgan fingerprint density at radius 3 is 2.85 bits per heavy atom. The van der Waals surface area contributed by atoms with E-state index in [1.807, 2.05) is 0 Å². The van der Waals surface area contributed by atoms with Crippen LogP contribution < -0.4 is 0 Å². The molecule has 1 aromatic heterocycles. The molecular weight excluding hydrogens is 238 g/mol. The van der Waals surface area contributed by atoms with Crippen LogP contribution in [0.3, 0.4) is 0 Å². The molecule has 1 N–H and O–H groups in total. The molecule has 0 aliphatic rings. The van der Waals surface area contributed by atoms with Gasteiger partial charge in [0.15, 0.2) is 0 Å². The molecule has 5 heteroatoms. The van der Waals surface area contributed by atoms with E-state index in [1.54, 1.807) is 0 Å². The number of hydrogen-bond acceptors (Lipinski definition) is 3. The molecule has 0 atom stereocenters. The Labute approximate surface area is 82.7 Å². The molecule has 0 aromatic carbocycles. The van der Waals surface area contributed by atoms with E-state index in [1.165, 1.54) is 12.1 Å². The Balaban J connectivity index is 3.01. The van der Waals surface area contributed by atoms with Crippen LogP contribution in [0.2, 0.25) is 0 Å². The lowest BCUT2D eigenvalue weighted by Crippen LogP contribution is -2.03. The van der Waals surface area contributed by atoms with E-state index < -0.39 is 5.97 Å². The van der Waals surface area contributed by atoms with E-state index in [0.29, 0.717) is 22.1 Å². The molecule has 0 unspecified atom stereocenters. The lowest BCUT2D eigenvalue weighted by Gasteiger charge is -1.98. The van der Waals surface area contributed by atoms with Gasteiger partial charge in [-0.25, -0.2) is 4.98 Å². The van der Waals surface area contributed by atoms with Gasteiger partial charge in [0.25, 0.3) is 0 Å². The van der Waals surface area contributed by atoms with Crippen molar-refractivity contribution in [2.75, 3.05) is 0 Å². The number of aromatic nitrogens is 1. The van der Waals surface area contributed by atoms with Crippen LogP contribution >= 0.6 is 15.9 Å². The van der Waals surface area contributed by atoms with Gasteiger partial charge in [0.2, 0.25) is 0 Å². The summed E-state index contributed by atoms with van der Waals surface area (Å²) in [5.74, 6) is -0.970. The lowest BCUT2D eigenvalue weighted by molar-refractivity contribution is -0.136. The van der Waals surface area contributed by atoms with Crippen molar-refractivity contribution in [2.24, 2.45) is 0 Å². The summed E-state index contributed by atoms with van der Waals surface area (Å²) in [6.07, 6.45) is 0.470. The quantitative estimate of drug-likeness (QED) is 0.642. The molecule has 0 saturated heterocycles. The fourth-order valence-corrected chi connectivity index (χ4v) is 1.38. The highest BCUT2D eigenvalue weighted by molar-refractivity contribution is 9.10. The third kappa shape index (κ3) is 2.95. The normalized spacial score (nSPS) is 9.62. The molecule has 0 amide bonds. The number of hydrogen-bond donors (Lipinski definition) is 1. The highest BCUT2D eigenvalue weighted by Gasteiger charge is 2.04. The number of carbonyl (C=O) groups excluding carboxylic acids is 1. The Bertz CT molecular complexity index is 351. The van der Waals surface area contributed by atoms with Gasteiger partial charge in [-0.05, 0) is 28.1 Å². The zero-order valence-corrected chi connectivity index (χ0v) is 8.11. The summed E-state index contributed by atoms with van der Waals surface area (Å²) in [4.78, 5) is 24.6. The second kappa shape index (κ2) is 4.13. The minimum atomic E-state index is -0.970. The van der Waals surface area contributed by atoms with Gasteiger partial charge in [-0.2, -0.15) is 0 Å². The Morgan fingerprint density at radius 1 is 1.62 bits per heavy atom. The molecule has 0 saturated carbocycles. The van der Waals surface area contributed by atoms with Crippen LogP contribution in [0.4, 0.5) is 0 Å². The molecule has 4 nitrogen and oxygen atoms in total. The van der Waals surface area contributed by atoms with Gasteiger partial charge in [-0.3, -0.25) is 9.59 Å². The second-order valence-electron chi connectivity index (χ2n) is 2.40. The van der Waals surface area contributed by atoms with Crippen molar-refractivity contribution in [3.8, 4) is 0 Å². The number of nitrogens with zero attached hydrogens (tertiary/aromatic N) is 1. The van der Waals surface area contributed by atoms with Crippen molar-refractivity contribution < 1.29 is 14.7 Å².